The van der Waals surface area contributed by atoms with Gasteiger partial charge in [-0.3, -0.25) is 0 Å². The van der Waals surface area contributed by atoms with Crippen molar-refractivity contribution in [1.82, 2.24) is 19.8 Å². The normalized spacial score (nSPS) is 18.0. The molecular weight excluding hydrogens is 1030 g/mol. The van der Waals surface area contributed by atoms with Crippen LogP contribution in [0.25, 0.3) is 66.8 Å². The van der Waals surface area contributed by atoms with E-state index < -0.39 is 0 Å². The highest BCUT2D eigenvalue weighted by Gasteiger charge is 2.30. The Bertz CT molecular complexity index is 3380. The second kappa shape index (κ2) is 27.2. The number of carbonyl (C=O) groups is 2. The maximum Gasteiger partial charge on any atom is 0.407 e. The van der Waals surface area contributed by atoms with Crippen molar-refractivity contribution < 1.29 is 27.9 Å². The van der Waals surface area contributed by atoms with Gasteiger partial charge in [0.1, 0.15) is 35.8 Å². The average molecular weight is 1120 g/mol. The number of fused-ring (bicyclic) bond motifs is 4. The number of nitrogens with zero attached hydrogens (tertiary/aromatic N) is 4. The molecule has 0 saturated heterocycles. The smallest absolute Gasteiger partial charge is 0.407 e. The molecule has 2 fully saturated rings. The lowest BCUT2D eigenvalue weighted by atomic mass is 9.76. The maximum absolute atomic E-state index is 13.2. The molecule has 2 heterocycles. The summed E-state index contributed by atoms with van der Waals surface area (Å²) in [5.74, 6) is 2.97. The molecule has 0 bridgehead atoms. The van der Waals surface area contributed by atoms with Crippen LogP contribution in [0.2, 0.25) is 0 Å². The minimum Gasteiger partial charge on any atom is -0.456 e. The molecule has 0 atom stereocenters. The first-order valence-electron chi connectivity index (χ1n) is 31.1. The standard InChI is InChI=1S/C71H86N6O6/c1-9-74(10-2)54-31-35-60-64(44-54)82-66-46-56(33-37-62(66)68(60)58-21-17-15-19-48(58)7)76(13-5)39-41-80-70(78)72-52-27-23-50(24-28-52)43-51-25-29-53(30-26-51)73-71(79)81-42-40-77(14-6)57-34-38-63-67(47-57)83-65-45-55(75(11-3)12-4)32-36-61(65)69(63)59-22-18-16-20-49(59)8/h15-22,31-38,44-47,50-53H,9-14,23-30,39-43H2,1-8H3/p+2. The molecule has 6 aliphatic rings. The van der Waals surface area contributed by atoms with Crippen molar-refractivity contribution in [3.8, 4) is 44.9 Å². The zero-order chi connectivity index (χ0) is 58.0. The zero-order valence-corrected chi connectivity index (χ0v) is 50.5. The minimum atomic E-state index is -0.337. The van der Waals surface area contributed by atoms with Gasteiger partial charge in [-0.15, -0.1) is 0 Å². The quantitative estimate of drug-likeness (QED) is 0.0573. The molecule has 12 nitrogen and oxygen atoms in total. The Morgan fingerprint density at radius 2 is 0.892 bits per heavy atom. The topological polar surface area (TPSA) is 115 Å². The molecule has 2 amide bonds. The number of likely N-dealkylation sites (N-methyl/N-ethyl adjacent to an activating group) is 2. The molecular formula is C71H88N6O6+2. The van der Waals surface area contributed by atoms with E-state index in [1.165, 1.54) is 39.8 Å². The number of alkyl carbamates (subject to hydrolysis) is 2. The summed E-state index contributed by atoms with van der Waals surface area (Å²) in [5, 5.41) is 10.6. The summed E-state index contributed by atoms with van der Waals surface area (Å²) in [4.78, 5) is 31.0. The molecule has 436 valence electrons. The van der Waals surface area contributed by atoms with E-state index in [1.807, 2.05) is 0 Å². The summed E-state index contributed by atoms with van der Waals surface area (Å²) < 4.78 is 29.6. The van der Waals surface area contributed by atoms with Crippen LogP contribution in [0, 0.1) is 25.7 Å². The number of amides is 2. The van der Waals surface area contributed by atoms with Crippen LogP contribution < -0.4 is 40.3 Å². The predicted octanol–water partition coefficient (Wildman–Crippen LogP) is 14.3. The van der Waals surface area contributed by atoms with Gasteiger partial charge >= 0.3 is 12.2 Å². The van der Waals surface area contributed by atoms with Crippen LogP contribution in [-0.2, 0) is 9.47 Å². The van der Waals surface area contributed by atoms with Gasteiger partial charge in [-0.1, -0.05) is 48.5 Å². The van der Waals surface area contributed by atoms with Crippen molar-refractivity contribution in [2.45, 2.75) is 125 Å². The summed E-state index contributed by atoms with van der Waals surface area (Å²) in [5.41, 5.74) is 13.4. The van der Waals surface area contributed by atoms with Crippen LogP contribution in [0.1, 0.15) is 110 Å². The van der Waals surface area contributed by atoms with E-state index in [4.69, 9.17) is 18.3 Å². The van der Waals surface area contributed by atoms with Gasteiger partial charge in [-0.25, -0.2) is 18.7 Å². The second-order valence-electron chi connectivity index (χ2n) is 23.0. The molecule has 4 aromatic rings. The van der Waals surface area contributed by atoms with E-state index in [-0.39, 0.29) is 37.5 Å². The van der Waals surface area contributed by atoms with Gasteiger partial charge in [0.2, 0.25) is 10.7 Å². The number of hydrogen-bond acceptors (Lipinski definition) is 8. The van der Waals surface area contributed by atoms with E-state index in [0.29, 0.717) is 24.9 Å². The third kappa shape index (κ3) is 13.4. The fraction of sp³-hybridized carbons (Fsp3) is 0.437. The molecule has 2 saturated carbocycles. The van der Waals surface area contributed by atoms with Crippen molar-refractivity contribution in [1.29, 1.82) is 0 Å². The minimum absolute atomic E-state index is 0.130. The highest BCUT2D eigenvalue weighted by molar-refractivity contribution is 6.04. The number of benzene rings is 6. The summed E-state index contributed by atoms with van der Waals surface area (Å²) >= 11 is 0. The van der Waals surface area contributed by atoms with E-state index in [1.54, 1.807) is 0 Å². The van der Waals surface area contributed by atoms with Crippen LogP contribution in [0.5, 0.6) is 0 Å². The third-order valence-electron chi connectivity index (χ3n) is 18.2. The maximum atomic E-state index is 13.2. The molecule has 0 spiro atoms. The average Bonchev–Trinajstić information content (AvgIpc) is 3.69. The first-order chi connectivity index (χ1) is 40.5. The third-order valence-corrected chi connectivity index (χ3v) is 18.2. The van der Waals surface area contributed by atoms with Gasteiger partial charge in [0, 0.05) is 107 Å². The lowest BCUT2D eigenvalue weighted by molar-refractivity contribution is 0.132. The molecule has 2 N–H and O–H groups in total. The molecule has 0 radical (unpaired) electrons. The highest BCUT2D eigenvalue weighted by atomic mass is 16.6. The summed E-state index contributed by atoms with van der Waals surface area (Å²) in [6.07, 6.45) is 8.83. The molecule has 4 aromatic carbocycles. The first kappa shape index (κ1) is 58.6. The molecule has 2 aliphatic heterocycles. The Morgan fingerprint density at radius 3 is 1.27 bits per heavy atom. The lowest BCUT2D eigenvalue weighted by Gasteiger charge is -2.34. The number of rotatable bonds is 20. The molecule has 12 heteroatoms. The van der Waals surface area contributed by atoms with Gasteiger partial charge in [0.15, 0.2) is 26.3 Å². The Hall–Kier alpha value is -7.60. The van der Waals surface area contributed by atoms with E-state index in [2.05, 4.69) is 206 Å². The highest BCUT2D eigenvalue weighted by Crippen LogP contribution is 2.44. The number of anilines is 2. The van der Waals surface area contributed by atoms with Gasteiger partial charge in [-0.05, 0) is 184 Å². The molecule has 4 aliphatic carbocycles. The fourth-order valence-corrected chi connectivity index (χ4v) is 13.4. The monoisotopic (exact) mass is 1120 g/mol. The largest absolute Gasteiger partial charge is 0.456 e. The van der Waals surface area contributed by atoms with Crippen molar-refractivity contribution in [3.05, 3.63) is 143 Å². The van der Waals surface area contributed by atoms with Crippen LogP contribution >= 0.6 is 0 Å². The number of aryl methyl sites for hydroxylation is 2. The van der Waals surface area contributed by atoms with Crippen LogP contribution in [-0.4, -0.2) is 89.8 Å². The van der Waals surface area contributed by atoms with Gasteiger partial charge < -0.3 is 38.7 Å². The summed E-state index contributed by atoms with van der Waals surface area (Å²) in [6.45, 7) is 24.2. The number of hydrogen-bond donors (Lipinski definition) is 2. The number of ether oxygens (including phenoxy) is 2. The molecule has 0 unspecified atom stereocenters. The summed E-state index contributed by atoms with van der Waals surface area (Å²) in [7, 11) is 0. The fourth-order valence-electron chi connectivity index (χ4n) is 13.4. The van der Waals surface area contributed by atoms with Crippen molar-refractivity contribution >= 4 is 45.5 Å². The summed E-state index contributed by atoms with van der Waals surface area (Å²) in [6, 6.07) is 43.5. The van der Waals surface area contributed by atoms with Crippen LogP contribution in [0.3, 0.4) is 0 Å². The molecule has 83 heavy (non-hydrogen) atoms. The lowest BCUT2D eigenvalue weighted by Crippen LogP contribution is -2.40. The van der Waals surface area contributed by atoms with E-state index in [9.17, 15) is 9.59 Å². The second-order valence-corrected chi connectivity index (χ2v) is 23.0. The van der Waals surface area contributed by atoms with Gasteiger partial charge in [0.05, 0.1) is 12.1 Å². The van der Waals surface area contributed by atoms with E-state index >= 15 is 0 Å². The Labute approximate surface area is 491 Å². The zero-order valence-electron chi connectivity index (χ0n) is 50.5. The van der Waals surface area contributed by atoms with Crippen LogP contribution in [0.4, 0.5) is 21.0 Å². The number of carbonyl (C=O) groups excluding carboxylic acids is 2. The van der Waals surface area contributed by atoms with Gasteiger partial charge in [0.25, 0.3) is 0 Å². The molecule has 0 aromatic heterocycles. The van der Waals surface area contributed by atoms with Crippen LogP contribution in [0.15, 0.2) is 130 Å². The van der Waals surface area contributed by atoms with Crippen molar-refractivity contribution in [2.75, 3.05) is 75.4 Å². The first-order valence-corrected chi connectivity index (χ1v) is 31.1. The number of nitrogens with one attached hydrogen (secondary N) is 2. The van der Waals surface area contributed by atoms with E-state index in [0.717, 1.165) is 157 Å². The SMILES string of the molecule is CCN(CC)c1ccc2c(-c3ccccc3C)c3ccc(=[N+](CC)CCOC(=O)NC4CCC(CC5CCC(NC(=O)OCC[N+](CC)=c6ccc7c(-c8ccccc8C)c8ccc(N(CC)CC)cc8oc-7c6)CC5)CC4)cc-3oc2c1. The van der Waals surface area contributed by atoms with Crippen molar-refractivity contribution in [3.63, 3.8) is 0 Å². The predicted molar refractivity (Wildman–Crippen MR) is 340 cm³/mol. The van der Waals surface area contributed by atoms with Gasteiger partial charge in [-0.2, -0.15) is 0 Å². The Kier molecular flexibility index (Phi) is 19.2. The Morgan fingerprint density at radius 1 is 0.494 bits per heavy atom. The molecule has 10 rings (SSSR count). The van der Waals surface area contributed by atoms with Crippen molar-refractivity contribution in [2.24, 2.45) is 11.8 Å². The Balaban J connectivity index is 0.677.